The maximum Gasteiger partial charge on any atom is 0.416 e. The number of carboxylic acids is 2. The van der Waals surface area contributed by atoms with E-state index in [2.05, 4.69) is 5.16 Å². The van der Waals surface area contributed by atoms with E-state index >= 15 is 0 Å². The quantitative estimate of drug-likeness (QED) is 0.229. The van der Waals surface area contributed by atoms with Crippen LogP contribution >= 0.6 is 0 Å². The van der Waals surface area contributed by atoms with Crippen molar-refractivity contribution in [2.75, 3.05) is 26.9 Å². The number of nitrogens with two attached hydrogens (primary N) is 1. The van der Waals surface area contributed by atoms with Gasteiger partial charge in [-0.25, -0.2) is 0 Å². The fourth-order valence-electron chi connectivity index (χ4n) is 1.95. The van der Waals surface area contributed by atoms with Crippen LogP contribution < -0.4 is 15.9 Å². The van der Waals surface area contributed by atoms with Crippen LogP contribution in [0.4, 0.5) is 13.2 Å². The summed E-state index contributed by atoms with van der Waals surface area (Å²) in [5.74, 6) is -3.09. The molecule has 0 bridgehead atoms. The van der Waals surface area contributed by atoms with Crippen molar-refractivity contribution in [2.24, 2.45) is 10.9 Å². The predicted octanol–water partition coefficient (Wildman–Crippen LogP) is 0.244. The normalized spacial score (nSPS) is 11.7. The number of aliphatic carboxylic acids is 2. The van der Waals surface area contributed by atoms with Gasteiger partial charge in [-0.3, -0.25) is 0 Å². The van der Waals surface area contributed by atoms with Crippen LogP contribution in [0.5, 0.6) is 0 Å². The lowest BCUT2D eigenvalue weighted by atomic mass is 10.0. The molecule has 0 heterocycles. The molecule has 0 aromatic heterocycles. The van der Waals surface area contributed by atoms with E-state index in [1.165, 1.54) is 12.1 Å². The van der Waals surface area contributed by atoms with Crippen molar-refractivity contribution in [1.29, 1.82) is 0 Å². The zero-order chi connectivity index (χ0) is 23.0. The van der Waals surface area contributed by atoms with Gasteiger partial charge < -0.3 is 35.1 Å². The molecule has 0 saturated carbocycles. The van der Waals surface area contributed by atoms with Crippen LogP contribution in [0.25, 0.3) is 0 Å². The second kappa shape index (κ2) is 15.0. The molecule has 1 rings (SSSR count). The van der Waals surface area contributed by atoms with Crippen molar-refractivity contribution in [3.05, 3.63) is 47.5 Å². The summed E-state index contributed by atoms with van der Waals surface area (Å²) >= 11 is 0. The highest BCUT2D eigenvalue weighted by Crippen LogP contribution is 2.29. The summed E-state index contributed by atoms with van der Waals surface area (Å²) < 4.78 is 42.7. The Hall–Kier alpha value is -2.92. The number of rotatable bonds is 11. The van der Waals surface area contributed by atoms with E-state index in [9.17, 15) is 33.0 Å². The van der Waals surface area contributed by atoms with Crippen molar-refractivity contribution in [2.45, 2.75) is 25.4 Å². The SMILES string of the molecule is COCCCCC(=NOCCN)c1ccc(C(F)(F)F)cc1.O=C([O-])C=CC(=O)[O-]. The van der Waals surface area contributed by atoms with E-state index in [0.717, 1.165) is 25.0 Å². The molecule has 0 saturated heterocycles. The molecule has 8 nitrogen and oxygen atoms in total. The Morgan fingerprint density at radius 2 is 1.63 bits per heavy atom. The first-order valence-electron chi connectivity index (χ1n) is 8.77. The summed E-state index contributed by atoms with van der Waals surface area (Å²) in [6.07, 6.45) is -1.33. The standard InChI is InChI=1S/C15H21F3N2O2.C4H4O4/c1-21-10-3-2-4-14(20-22-11-9-19)12-5-7-13(8-6-12)15(16,17)18;5-3(6)1-2-4(7)8/h5-8H,2-4,9-11,19H2,1H3;1-2H,(H,5,6)(H,7,8)/p-2. The van der Waals surface area contributed by atoms with E-state index in [1.807, 2.05) is 0 Å². The monoisotopic (exact) mass is 432 g/mol. The van der Waals surface area contributed by atoms with Gasteiger partial charge in [0.25, 0.3) is 0 Å². The molecule has 168 valence electrons. The molecule has 0 amide bonds. The van der Waals surface area contributed by atoms with Crippen LogP contribution in [0.1, 0.15) is 30.4 Å². The van der Waals surface area contributed by atoms with Crippen LogP contribution in [0.2, 0.25) is 0 Å². The third-order valence-corrected chi connectivity index (χ3v) is 3.30. The van der Waals surface area contributed by atoms with Gasteiger partial charge in [0, 0.05) is 20.3 Å². The highest BCUT2D eigenvalue weighted by molar-refractivity contribution is 6.00. The summed E-state index contributed by atoms with van der Waals surface area (Å²) in [4.78, 5) is 23.9. The zero-order valence-electron chi connectivity index (χ0n) is 16.3. The summed E-state index contributed by atoms with van der Waals surface area (Å²) in [7, 11) is 1.62. The number of hydrogen-bond donors (Lipinski definition) is 1. The Bertz CT molecular complexity index is 687. The van der Waals surface area contributed by atoms with Gasteiger partial charge in [0.1, 0.15) is 6.61 Å². The van der Waals surface area contributed by atoms with Crippen LogP contribution in [-0.4, -0.2) is 44.5 Å². The average molecular weight is 432 g/mol. The third-order valence-electron chi connectivity index (χ3n) is 3.30. The second-order valence-electron chi connectivity index (χ2n) is 5.66. The molecule has 0 aliphatic carbocycles. The fourth-order valence-corrected chi connectivity index (χ4v) is 1.95. The van der Waals surface area contributed by atoms with Gasteiger partial charge in [0.05, 0.1) is 23.2 Å². The van der Waals surface area contributed by atoms with Crippen molar-refractivity contribution < 1.29 is 42.5 Å². The van der Waals surface area contributed by atoms with Crippen LogP contribution in [0, 0.1) is 0 Å². The number of carboxylic acid groups (broad SMARTS) is 2. The van der Waals surface area contributed by atoms with Gasteiger partial charge in [0.2, 0.25) is 0 Å². The molecule has 1 aromatic carbocycles. The Labute approximate surface area is 171 Å². The lowest BCUT2D eigenvalue weighted by Gasteiger charge is -2.10. The summed E-state index contributed by atoms with van der Waals surface area (Å²) in [5.41, 5.74) is 5.87. The minimum atomic E-state index is -4.34. The number of oxime groups is 1. The molecule has 11 heteroatoms. The van der Waals surface area contributed by atoms with Gasteiger partial charge in [-0.2, -0.15) is 13.2 Å². The maximum absolute atomic E-state index is 12.6. The molecule has 2 N–H and O–H groups in total. The number of halogens is 3. The van der Waals surface area contributed by atoms with E-state index in [1.54, 1.807) is 7.11 Å². The average Bonchev–Trinajstić information content (AvgIpc) is 2.68. The van der Waals surface area contributed by atoms with E-state index in [4.69, 9.17) is 15.3 Å². The smallest absolute Gasteiger partial charge is 0.416 e. The first-order chi connectivity index (χ1) is 14.1. The van der Waals surface area contributed by atoms with Gasteiger partial charge in [-0.05, 0) is 49.1 Å². The maximum atomic E-state index is 12.6. The Balaban J connectivity index is 0.000000890. The second-order valence-corrected chi connectivity index (χ2v) is 5.66. The molecule has 0 aliphatic heterocycles. The number of unbranched alkanes of at least 4 members (excludes halogenated alkanes) is 1. The molecule has 0 fully saturated rings. The highest BCUT2D eigenvalue weighted by Gasteiger charge is 2.30. The minimum Gasteiger partial charge on any atom is -0.545 e. The molecule has 0 aliphatic rings. The van der Waals surface area contributed by atoms with Gasteiger partial charge in [0.15, 0.2) is 0 Å². The van der Waals surface area contributed by atoms with Crippen LogP contribution in [-0.2, 0) is 25.3 Å². The van der Waals surface area contributed by atoms with Crippen molar-refractivity contribution in [3.63, 3.8) is 0 Å². The number of alkyl halides is 3. The lowest BCUT2D eigenvalue weighted by Crippen LogP contribution is -2.23. The van der Waals surface area contributed by atoms with E-state index in [0.29, 0.717) is 43.0 Å². The number of ether oxygens (including phenoxy) is 1. The molecule has 0 radical (unpaired) electrons. The fraction of sp³-hybridized carbons (Fsp3) is 0.421. The summed E-state index contributed by atoms with van der Waals surface area (Å²) in [6.45, 7) is 1.22. The van der Waals surface area contributed by atoms with Crippen molar-refractivity contribution in [1.82, 2.24) is 0 Å². The Morgan fingerprint density at radius 1 is 1.07 bits per heavy atom. The van der Waals surface area contributed by atoms with Crippen LogP contribution in [0.15, 0.2) is 41.6 Å². The first-order valence-corrected chi connectivity index (χ1v) is 8.77. The highest BCUT2D eigenvalue weighted by atomic mass is 19.4. The lowest BCUT2D eigenvalue weighted by molar-refractivity contribution is -0.301. The van der Waals surface area contributed by atoms with E-state index in [-0.39, 0.29) is 6.61 Å². The zero-order valence-corrected chi connectivity index (χ0v) is 16.3. The van der Waals surface area contributed by atoms with E-state index < -0.39 is 23.7 Å². The number of carbonyl (C=O) groups excluding carboxylic acids is 2. The molecular formula is C19H23F3N2O6-2. The van der Waals surface area contributed by atoms with Crippen molar-refractivity contribution >= 4 is 17.7 Å². The predicted molar refractivity (Wildman–Crippen MR) is 97.9 cm³/mol. The van der Waals surface area contributed by atoms with Crippen molar-refractivity contribution in [3.8, 4) is 0 Å². The molecule has 1 aromatic rings. The third kappa shape index (κ3) is 13.3. The largest absolute Gasteiger partial charge is 0.545 e. The number of nitrogens with zero attached hydrogens (tertiary/aromatic N) is 1. The first kappa shape index (κ1) is 27.1. The molecule has 0 unspecified atom stereocenters. The number of hydrogen-bond acceptors (Lipinski definition) is 8. The molecule has 0 spiro atoms. The molecular weight excluding hydrogens is 409 g/mol. The topological polar surface area (TPSA) is 137 Å². The molecule has 0 atom stereocenters. The summed E-state index contributed by atoms with van der Waals surface area (Å²) in [6, 6.07) is 4.90. The Kier molecular flexibility index (Phi) is 13.5. The number of carbonyl (C=O) groups is 2. The summed E-state index contributed by atoms with van der Waals surface area (Å²) in [5, 5.41) is 22.8. The van der Waals surface area contributed by atoms with Gasteiger partial charge in [-0.15, -0.1) is 0 Å². The number of benzene rings is 1. The van der Waals surface area contributed by atoms with Gasteiger partial charge >= 0.3 is 6.18 Å². The Morgan fingerprint density at radius 3 is 2.07 bits per heavy atom. The molecule has 30 heavy (non-hydrogen) atoms. The minimum absolute atomic E-state index is 0.266. The van der Waals surface area contributed by atoms with Gasteiger partial charge in [-0.1, -0.05) is 17.3 Å². The number of methoxy groups -OCH3 is 1. The van der Waals surface area contributed by atoms with Crippen LogP contribution in [0.3, 0.4) is 0 Å².